The molecule has 0 saturated heterocycles. The van der Waals surface area contributed by atoms with Gasteiger partial charge < -0.3 is 9.15 Å². The van der Waals surface area contributed by atoms with Crippen molar-refractivity contribution in [2.75, 3.05) is 7.11 Å². The summed E-state index contributed by atoms with van der Waals surface area (Å²) in [7, 11) is 1.24. The summed E-state index contributed by atoms with van der Waals surface area (Å²) in [5.41, 5.74) is 0.824. The smallest absolute Gasteiger partial charge is 0.351 e. The maximum Gasteiger partial charge on any atom is 0.351 e. The molecule has 0 atom stereocenters. The second kappa shape index (κ2) is 4.64. The van der Waals surface area contributed by atoms with E-state index in [9.17, 15) is 9.59 Å². The van der Waals surface area contributed by atoms with Gasteiger partial charge in [0, 0.05) is 5.56 Å². The van der Waals surface area contributed by atoms with Crippen molar-refractivity contribution >= 4 is 5.97 Å². The summed E-state index contributed by atoms with van der Waals surface area (Å²) in [5, 5.41) is 0. The van der Waals surface area contributed by atoms with Crippen LogP contribution in [-0.4, -0.2) is 13.1 Å². The summed E-state index contributed by atoms with van der Waals surface area (Å²) in [6.45, 7) is 4.09. The minimum Gasteiger partial charge on any atom is -0.465 e. The van der Waals surface area contributed by atoms with E-state index in [0.717, 1.165) is 5.56 Å². The molecule has 1 aliphatic heterocycles. The van der Waals surface area contributed by atoms with Crippen LogP contribution in [0.25, 0.3) is 11.3 Å². The van der Waals surface area contributed by atoms with E-state index in [1.54, 1.807) is 18.2 Å². The van der Waals surface area contributed by atoms with Crippen molar-refractivity contribution in [2.45, 2.75) is 19.8 Å². The average molecular weight is 246 g/mol. The number of methoxy groups -OCH3 is 1. The molecule has 0 saturated carbocycles. The van der Waals surface area contributed by atoms with Gasteiger partial charge in [0.15, 0.2) is 5.56 Å². The molecule has 0 N–H and O–H groups in total. The predicted octanol–water partition coefficient (Wildman–Crippen LogP) is 2.65. The van der Waals surface area contributed by atoms with E-state index in [1.807, 2.05) is 19.9 Å². The van der Waals surface area contributed by atoms with Gasteiger partial charge in [-0.3, -0.25) is 0 Å². The molecule has 0 fully saturated rings. The second-order valence-electron chi connectivity index (χ2n) is 4.36. The molecule has 0 amide bonds. The molecule has 0 aromatic carbocycles. The molecule has 0 radical (unpaired) electrons. The third-order valence-electron chi connectivity index (χ3n) is 2.85. The highest BCUT2D eigenvalue weighted by atomic mass is 16.5. The van der Waals surface area contributed by atoms with Gasteiger partial charge in [0.1, 0.15) is 5.76 Å². The zero-order chi connectivity index (χ0) is 13.3. The summed E-state index contributed by atoms with van der Waals surface area (Å²) in [4.78, 5) is 23.2. The molecule has 1 aliphatic carbocycles. The van der Waals surface area contributed by atoms with Crippen LogP contribution in [0.4, 0.5) is 0 Å². The summed E-state index contributed by atoms with van der Waals surface area (Å²) in [5.74, 6) is 0.0486. The standard InChI is InChI=1S/C14H14O4/c1-8(2)9-5-4-6-10-11(7-9)18-14(16)12(10)13(15)17-3/h4-8H,1-3H3. The Hall–Kier alpha value is -2.10. The van der Waals surface area contributed by atoms with Crippen molar-refractivity contribution in [3.8, 4) is 11.3 Å². The van der Waals surface area contributed by atoms with Gasteiger partial charge in [-0.15, -0.1) is 0 Å². The summed E-state index contributed by atoms with van der Waals surface area (Å²) in [6, 6.07) is 7.22. The average Bonchev–Trinajstić information content (AvgIpc) is 2.50. The predicted molar refractivity (Wildman–Crippen MR) is 67.0 cm³/mol. The molecular formula is C14H14O4. The Morgan fingerprint density at radius 3 is 2.67 bits per heavy atom. The van der Waals surface area contributed by atoms with Crippen LogP contribution in [0.1, 0.15) is 35.7 Å². The number of carbonyl (C=O) groups is 1. The van der Waals surface area contributed by atoms with E-state index in [4.69, 9.17) is 4.42 Å². The highest BCUT2D eigenvalue weighted by Crippen LogP contribution is 2.27. The van der Waals surface area contributed by atoms with Crippen LogP contribution >= 0.6 is 0 Å². The third-order valence-corrected chi connectivity index (χ3v) is 2.85. The quantitative estimate of drug-likeness (QED) is 0.764. The molecule has 0 aromatic rings. The molecule has 0 aromatic heterocycles. The van der Waals surface area contributed by atoms with E-state index >= 15 is 0 Å². The minimum atomic E-state index is -0.670. The maximum absolute atomic E-state index is 11.7. The van der Waals surface area contributed by atoms with Crippen LogP contribution in [-0.2, 0) is 4.74 Å². The molecular weight excluding hydrogens is 232 g/mol. The third kappa shape index (κ3) is 2.01. The normalized spacial score (nSPS) is 10.9. The van der Waals surface area contributed by atoms with Gasteiger partial charge in [0.25, 0.3) is 0 Å². The van der Waals surface area contributed by atoms with Gasteiger partial charge in [-0.2, -0.15) is 0 Å². The molecule has 94 valence electrons. The van der Waals surface area contributed by atoms with Gasteiger partial charge in [-0.1, -0.05) is 32.0 Å². The topological polar surface area (TPSA) is 56.5 Å². The maximum atomic E-state index is 11.7. The van der Waals surface area contributed by atoms with Crippen molar-refractivity contribution in [1.29, 1.82) is 0 Å². The van der Waals surface area contributed by atoms with Gasteiger partial charge in [-0.05, 0) is 17.5 Å². The van der Waals surface area contributed by atoms with E-state index in [-0.39, 0.29) is 5.56 Å². The molecule has 18 heavy (non-hydrogen) atoms. The number of hydrogen-bond acceptors (Lipinski definition) is 4. The number of fused-ring (bicyclic) bond motifs is 1. The number of carbonyl (C=O) groups excluding carboxylic acids is 1. The van der Waals surface area contributed by atoms with E-state index in [0.29, 0.717) is 17.2 Å². The first kappa shape index (κ1) is 12.4. The van der Waals surface area contributed by atoms with E-state index in [2.05, 4.69) is 4.74 Å². The van der Waals surface area contributed by atoms with Crippen LogP contribution < -0.4 is 5.63 Å². The Kier molecular flexibility index (Phi) is 3.19. The molecule has 4 heteroatoms. The van der Waals surface area contributed by atoms with Crippen LogP contribution in [0.2, 0.25) is 0 Å². The monoisotopic (exact) mass is 246 g/mol. The lowest BCUT2D eigenvalue weighted by atomic mass is 10.0. The largest absolute Gasteiger partial charge is 0.465 e. The molecule has 0 unspecified atom stereocenters. The SMILES string of the molecule is COC(=O)c1c2cccc(C(C)C)cc-2oc1=O. The first-order valence-electron chi connectivity index (χ1n) is 5.69. The summed E-state index contributed by atoms with van der Waals surface area (Å²) < 4.78 is 9.71. The van der Waals surface area contributed by atoms with E-state index < -0.39 is 11.6 Å². The van der Waals surface area contributed by atoms with Crippen molar-refractivity contribution in [3.05, 3.63) is 45.8 Å². The molecule has 0 spiro atoms. The number of rotatable bonds is 2. The van der Waals surface area contributed by atoms with Crippen molar-refractivity contribution in [1.82, 2.24) is 0 Å². The molecule has 1 heterocycles. The fraction of sp³-hybridized carbons (Fsp3) is 0.286. The fourth-order valence-corrected chi connectivity index (χ4v) is 1.82. The Bertz CT molecular complexity index is 610. The Morgan fingerprint density at radius 2 is 2.06 bits per heavy atom. The van der Waals surface area contributed by atoms with Crippen LogP contribution in [0.3, 0.4) is 0 Å². The van der Waals surface area contributed by atoms with Crippen LogP contribution in [0, 0.1) is 0 Å². The minimum absolute atomic E-state index is 0.0431. The van der Waals surface area contributed by atoms with E-state index in [1.165, 1.54) is 7.11 Å². The Labute approximate surface area is 105 Å². The Balaban J connectivity index is 2.68. The molecule has 2 aliphatic rings. The van der Waals surface area contributed by atoms with Gasteiger partial charge in [0.05, 0.1) is 7.11 Å². The number of hydrogen-bond donors (Lipinski definition) is 0. The van der Waals surface area contributed by atoms with Crippen LogP contribution in [0.15, 0.2) is 33.5 Å². The zero-order valence-electron chi connectivity index (χ0n) is 10.5. The van der Waals surface area contributed by atoms with Crippen molar-refractivity contribution < 1.29 is 13.9 Å². The highest BCUT2D eigenvalue weighted by Gasteiger charge is 2.24. The van der Waals surface area contributed by atoms with Gasteiger partial charge in [-0.25, -0.2) is 9.59 Å². The van der Waals surface area contributed by atoms with Crippen LogP contribution in [0.5, 0.6) is 0 Å². The summed E-state index contributed by atoms with van der Waals surface area (Å²) >= 11 is 0. The first-order valence-corrected chi connectivity index (χ1v) is 5.69. The highest BCUT2D eigenvalue weighted by molar-refractivity contribution is 5.96. The van der Waals surface area contributed by atoms with Crippen molar-refractivity contribution in [3.63, 3.8) is 0 Å². The van der Waals surface area contributed by atoms with Gasteiger partial charge >= 0.3 is 11.6 Å². The lowest BCUT2D eigenvalue weighted by molar-refractivity contribution is 0.0599. The molecule has 2 rings (SSSR count). The second-order valence-corrected chi connectivity index (χ2v) is 4.36. The lowest BCUT2D eigenvalue weighted by Crippen LogP contribution is -2.11. The number of esters is 1. The lowest BCUT2D eigenvalue weighted by Gasteiger charge is -2.00. The fourth-order valence-electron chi connectivity index (χ4n) is 1.82. The van der Waals surface area contributed by atoms with Gasteiger partial charge in [0.2, 0.25) is 0 Å². The van der Waals surface area contributed by atoms with Crippen molar-refractivity contribution in [2.24, 2.45) is 0 Å². The zero-order valence-corrected chi connectivity index (χ0v) is 10.5. The number of ether oxygens (including phenoxy) is 1. The summed E-state index contributed by atoms with van der Waals surface area (Å²) in [6.07, 6.45) is 0. The molecule has 0 bridgehead atoms. The first-order chi connectivity index (χ1) is 8.54. The Morgan fingerprint density at radius 1 is 1.33 bits per heavy atom. The number of furan rings is 1. The molecule has 4 nitrogen and oxygen atoms in total.